The summed E-state index contributed by atoms with van der Waals surface area (Å²) in [6, 6.07) is 6.47. The zero-order valence-electron chi connectivity index (χ0n) is 9.27. The van der Waals surface area contributed by atoms with Crippen LogP contribution in [0.2, 0.25) is 0 Å². The second-order valence-electron chi connectivity index (χ2n) is 3.02. The number of hydrogen-bond donors (Lipinski definition) is 0. The van der Waals surface area contributed by atoms with Crippen LogP contribution >= 0.6 is 11.6 Å². The maximum atomic E-state index is 11.6. The summed E-state index contributed by atoms with van der Waals surface area (Å²) < 4.78 is 4.97. The normalized spacial score (nSPS) is 10.9. The van der Waals surface area contributed by atoms with Gasteiger partial charge in [-0.3, -0.25) is 4.79 Å². The topological polar surface area (TPSA) is 65.0 Å². The predicted molar refractivity (Wildman–Crippen MR) is 62.4 cm³/mol. The number of oxime groups is 1. The highest BCUT2D eigenvalue weighted by atomic mass is 35.5. The average Bonchev–Trinajstić information content (AvgIpc) is 2.35. The van der Waals surface area contributed by atoms with E-state index in [1.807, 2.05) is 0 Å². The first-order valence-corrected chi connectivity index (χ1v) is 5.03. The molecule has 0 saturated carbocycles. The monoisotopic (exact) mass is 255 g/mol. The van der Waals surface area contributed by atoms with E-state index in [0.29, 0.717) is 5.75 Å². The third-order valence-corrected chi connectivity index (χ3v) is 2.16. The lowest BCUT2D eigenvalue weighted by atomic mass is 10.2. The number of carbonyl (C=O) groups excluding carboxylic acids is 2. The van der Waals surface area contributed by atoms with Gasteiger partial charge in [-0.15, -0.1) is 0 Å². The smallest absolute Gasteiger partial charge is 0.369 e. The first-order chi connectivity index (χ1) is 8.06. The van der Waals surface area contributed by atoms with Gasteiger partial charge in [-0.05, 0) is 12.1 Å². The van der Waals surface area contributed by atoms with E-state index in [-0.39, 0.29) is 5.56 Å². The molecule has 0 atom stereocenters. The summed E-state index contributed by atoms with van der Waals surface area (Å²) in [6.45, 7) is 1.21. The Morgan fingerprint density at radius 1 is 1.29 bits per heavy atom. The van der Waals surface area contributed by atoms with Crippen molar-refractivity contribution in [3.8, 4) is 5.75 Å². The van der Waals surface area contributed by atoms with Gasteiger partial charge in [0.1, 0.15) is 11.3 Å². The lowest BCUT2D eigenvalue weighted by Crippen LogP contribution is -2.07. The minimum absolute atomic E-state index is 0.201. The quantitative estimate of drug-likeness (QED) is 0.469. The van der Waals surface area contributed by atoms with Crippen molar-refractivity contribution in [3.05, 3.63) is 29.8 Å². The molecule has 1 rings (SSSR count). The van der Waals surface area contributed by atoms with Gasteiger partial charge in [-0.2, -0.15) is 0 Å². The van der Waals surface area contributed by atoms with Crippen molar-refractivity contribution in [2.24, 2.45) is 5.16 Å². The van der Waals surface area contributed by atoms with Crippen molar-refractivity contribution in [2.45, 2.75) is 6.92 Å². The Labute approximate surface area is 103 Å². The van der Waals surface area contributed by atoms with Gasteiger partial charge in [-0.25, -0.2) is 4.79 Å². The van der Waals surface area contributed by atoms with Crippen molar-refractivity contribution in [3.63, 3.8) is 0 Å². The molecule has 1 aromatic rings. The number of hydrogen-bond acceptors (Lipinski definition) is 5. The number of rotatable bonds is 4. The standard InChI is InChI=1S/C11H10ClNO4/c1-7(14)10(12)13-17-11(15)8-5-3-4-6-9(8)16-2/h3-6H,1-2H3/b13-10-. The van der Waals surface area contributed by atoms with Crippen LogP contribution in [0.5, 0.6) is 5.75 Å². The number of nitrogens with zero attached hydrogens (tertiary/aromatic N) is 1. The zero-order chi connectivity index (χ0) is 12.8. The number of ketones is 1. The molecule has 0 unspecified atom stereocenters. The molecule has 0 N–H and O–H groups in total. The summed E-state index contributed by atoms with van der Waals surface area (Å²) in [5, 5.41) is 2.81. The van der Waals surface area contributed by atoms with Gasteiger partial charge in [0.15, 0.2) is 5.78 Å². The van der Waals surface area contributed by atoms with Gasteiger partial charge < -0.3 is 9.57 Å². The maximum absolute atomic E-state index is 11.6. The SMILES string of the molecule is COc1ccccc1C(=O)O/N=C(\Cl)C(C)=O. The number of ether oxygens (including phenoxy) is 1. The van der Waals surface area contributed by atoms with E-state index >= 15 is 0 Å². The van der Waals surface area contributed by atoms with E-state index < -0.39 is 16.9 Å². The fraction of sp³-hybridized carbons (Fsp3) is 0.182. The van der Waals surface area contributed by atoms with Crippen molar-refractivity contribution in [1.82, 2.24) is 0 Å². The molecule has 0 aliphatic heterocycles. The van der Waals surface area contributed by atoms with Gasteiger partial charge in [0, 0.05) is 6.92 Å². The molecule has 0 bridgehead atoms. The molecule has 5 nitrogen and oxygen atoms in total. The molecule has 0 fully saturated rings. The number of Topliss-reactive ketones (excluding diaryl/α,β-unsaturated/α-hetero) is 1. The molecule has 0 aliphatic carbocycles. The van der Waals surface area contributed by atoms with Gasteiger partial charge in [-0.1, -0.05) is 28.9 Å². The minimum Gasteiger partial charge on any atom is -0.496 e. The van der Waals surface area contributed by atoms with Crippen LogP contribution in [0.1, 0.15) is 17.3 Å². The summed E-state index contributed by atoms with van der Waals surface area (Å²) in [4.78, 5) is 26.8. The van der Waals surface area contributed by atoms with Crippen molar-refractivity contribution >= 4 is 28.5 Å². The molecule has 0 aromatic heterocycles. The minimum atomic E-state index is -0.748. The van der Waals surface area contributed by atoms with Gasteiger partial charge >= 0.3 is 5.97 Å². The molecule has 0 spiro atoms. The Bertz CT molecular complexity index is 470. The third-order valence-electron chi connectivity index (χ3n) is 1.83. The van der Waals surface area contributed by atoms with Crippen LogP contribution in [-0.2, 0) is 9.63 Å². The van der Waals surface area contributed by atoms with Gasteiger partial charge in [0.05, 0.1) is 7.11 Å². The summed E-state index contributed by atoms with van der Waals surface area (Å²) in [5.41, 5.74) is 0.201. The summed E-state index contributed by atoms with van der Waals surface area (Å²) in [7, 11) is 1.43. The van der Waals surface area contributed by atoms with E-state index in [0.717, 1.165) is 0 Å². The average molecular weight is 256 g/mol. The molecule has 0 saturated heterocycles. The zero-order valence-corrected chi connectivity index (χ0v) is 10.0. The number of carbonyl (C=O) groups is 2. The van der Waals surface area contributed by atoms with E-state index in [9.17, 15) is 9.59 Å². The van der Waals surface area contributed by atoms with Crippen molar-refractivity contribution in [2.75, 3.05) is 7.11 Å². The van der Waals surface area contributed by atoms with Crippen LogP contribution < -0.4 is 4.74 Å². The molecule has 0 amide bonds. The first kappa shape index (κ1) is 13.2. The van der Waals surface area contributed by atoms with Crippen LogP contribution in [0.3, 0.4) is 0 Å². The van der Waals surface area contributed by atoms with Gasteiger partial charge in [0.25, 0.3) is 0 Å². The molecule has 6 heteroatoms. The first-order valence-electron chi connectivity index (χ1n) is 4.65. The molecule has 0 heterocycles. The summed E-state index contributed by atoms with van der Waals surface area (Å²) in [6.07, 6.45) is 0. The van der Waals surface area contributed by atoms with E-state index in [2.05, 4.69) is 9.99 Å². The van der Waals surface area contributed by atoms with Crippen molar-refractivity contribution in [1.29, 1.82) is 0 Å². The highest BCUT2D eigenvalue weighted by molar-refractivity contribution is 6.82. The fourth-order valence-electron chi connectivity index (χ4n) is 1.01. The summed E-state index contributed by atoms with van der Waals surface area (Å²) in [5.74, 6) is -0.881. The Morgan fingerprint density at radius 3 is 2.53 bits per heavy atom. The Kier molecular flexibility index (Phi) is 4.66. The number of para-hydroxylation sites is 1. The number of benzene rings is 1. The Hall–Kier alpha value is -1.88. The molecular formula is C11H10ClNO4. The predicted octanol–water partition coefficient (Wildman–Crippen LogP) is 1.99. The Morgan fingerprint density at radius 2 is 1.94 bits per heavy atom. The number of halogens is 1. The van der Waals surface area contributed by atoms with E-state index in [4.69, 9.17) is 16.3 Å². The maximum Gasteiger partial charge on any atom is 0.369 e. The highest BCUT2D eigenvalue weighted by Crippen LogP contribution is 2.18. The van der Waals surface area contributed by atoms with E-state index in [1.54, 1.807) is 18.2 Å². The van der Waals surface area contributed by atoms with Crippen LogP contribution in [0.4, 0.5) is 0 Å². The van der Waals surface area contributed by atoms with Crippen LogP contribution in [0, 0.1) is 0 Å². The lowest BCUT2D eigenvalue weighted by molar-refractivity contribution is -0.110. The van der Waals surface area contributed by atoms with Crippen LogP contribution in [-0.4, -0.2) is 24.0 Å². The van der Waals surface area contributed by atoms with Crippen molar-refractivity contribution < 1.29 is 19.2 Å². The fourth-order valence-corrected chi connectivity index (χ4v) is 1.04. The molecular weight excluding hydrogens is 246 g/mol. The molecule has 1 aromatic carbocycles. The second kappa shape index (κ2) is 6.00. The van der Waals surface area contributed by atoms with Crippen LogP contribution in [0.15, 0.2) is 29.4 Å². The second-order valence-corrected chi connectivity index (χ2v) is 3.38. The summed E-state index contributed by atoms with van der Waals surface area (Å²) >= 11 is 5.41. The molecule has 0 radical (unpaired) electrons. The Balaban J connectivity index is 2.84. The third kappa shape index (κ3) is 3.57. The van der Waals surface area contributed by atoms with Crippen LogP contribution in [0.25, 0.3) is 0 Å². The molecule has 0 aliphatic rings. The van der Waals surface area contributed by atoms with E-state index in [1.165, 1.54) is 20.1 Å². The molecule has 90 valence electrons. The van der Waals surface area contributed by atoms with Gasteiger partial charge in [0.2, 0.25) is 5.17 Å². The molecule has 17 heavy (non-hydrogen) atoms. The number of methoxy groups -OCH3 is 1. The largest absolute Gasteiger partial charge is 0.496 e. The highest BCUT2D eigenvalue weighted by Gasteiger charge is 2.13. The lowest BCUT2D eigenvalue weighted by Gasteiger charge is -2.04.